The maximum atomic E-state index is 13.9. The molecule has 0 aliphatic heterocycles. The van der Waals surface area contributed by atoms with Crippen molar-refractivity contribution in [3.05, 3.63) is 93.6 Å². The fourth-order valence-electron chi connectivity index (χ4n) is 3.98. The molecule has 0 spiro atoms. The van der Waals surface area contributed by atoms with Gasteiger partial charge in [-0.25, -0.2) is 8.42 Å². The van der Waals surface area contributed by atoms with Gasteiger partial charge in [0.25, 0.3) is 10.0 Å². The van der Waals surface area contributed by atoms with Crippen molar-refractivity contribution in [3.8, 4) is 0 Å². The molecular weight excluding hydrogens is 613 g/mol. The van der Waals surface area contributed by atoms with Crippen LogP contribution in [0.15, 0.2) is 83.8 Å². The van der Waals surface area contributed by atoms with Gasteiger partial charge in [-0.2, -0.15) is 0 Å². The second kappa shape index (κ2) is 13.7. The molecule has 1 N–H and O–H groups in total. The number of hydrogen-bond donors (Lipinski definition) is 1. The Bertz CT molecular complexity index is 1330. The van der Waals surface area contributed by atoms with Crippen LogP contribution in [0.4, 0.5) is 5.69 Å². The van der Waals surface area contributed by atoms with Crippen LogP contribution in [0.2, 0.25) is 0 Å². The molecule has 2 amide bonds. The average molecular weight is 648 g/mol. The molecule has 0 saturated carbocycles. The van der Waals surface area contributed by atoms with Crippen LogP contribution in [0.5, 0.6) is 0 Å². The van der Waals surface area contributed by atoms with Crippen molar-refractivity contribution in [3.63, 3.8) is 0 Å². The van der Waals surface area contributed by atoms with E-state index in [1.807, 2.05) is 38.1 Å². The zero-order chi connectivity index (χ0) is 27.7. The number of amides is 2. The van der Waals surface area contributed by atoms with Gasteiger partial charge in [-0.15, -0.1) is 0 Å². The Labute approximate surface area is 239 Å². The molecule has 38 heavy (non-hydrogen) atoms. The Balaban J connectivity index is 1.98. The van der Waals surface area contributed by atoms with E-state index in [2.05, 4.69) is 27.9 Å². The monoisotopic (exact) mass is 647 g/mol. The Hall–Kier alpha value is -2.92. The van der Waals surface area contributed by atoms with E-state index in [-0.39, 0.29) is 17.3 Å². The second-order valence-corrected chi connectivity index (χ2v) is 12.2. The van der Waals surface area contributed by atoms with Gasteiger partial charge in [-0.1, -0.05) is 61.4 Å². The molecule has 0 aromatic heterocycles. The molecule has 3 aromatic carbocycles. The number of aryl methyl sites for hydroxylation is 1. The maximum absolute atomic E-state index is 13.9. The molecule has 1 atom stereocenters. The first-order valence-corrected chi connectivity index (χ1v) is 15.1. The highest BCUT2D eigenvalue weighted by molar-refractivity contribution is 14.1. The summed E-state index contributed by atoms with van der Waals surface area (Å²) in [7, 11) is -4.06. The number of rotatable bonds is 12. The van der Waals surface area contributed by atoms with Crippen LogP contribution in [0, 0.1) is 10.5 Å². The Morgan fingerprint density at radius 2 is 1.66 bits per heavy atom. The van der Waals surface area contributed by atoms with Crippen molar-refractivity contribution in [1.29, 1.82) is 0 Å². The van der Waals surface area contributed by atoms with E-state index < -0.39 is 28.5 Å². The van der Waals surface area contributed by atoms with E-state index in [9.17, 15) is 18.0 Å². The number of benzene rings is 3. The first-order chi connectivity index (χ1) is 18.1. The highest BCUT2D eigenvalue weighted by atomic mass is 127. The van der Waals surface area contributed by atoms with Gasteiger partial charge in [-0.05, 0) is 84.8 Å². The van der Waals surface area contributed by atoms with Gasteiger partial charge >= 0.3 is 0 Å². The molecule has 0 fully saturated rings. The molecule has 0 saturated heterocycles. The largest absolute Gasteiger partial charge is 0.354 e. The normalized spacial score (nSPS) is 12.0. The molecular formula is C29H34IN3O4S. The fraction of sp³-hybridized carbons (Fsp3) is 0.310. The molecule has 0 radical (unpaired) electrons. The van der Waals surface area contributed by atoms with Crippen molar-refractivity contribution < 1.29 is 18.0 Å². The molecule has 0 bridgehead atoms. The molecule has 7 nitrogen and oxygen atoms in total. The minimum Gasteiger partial charge on any atom is -0.354 e. The van der Waals surface area contributed by atoms with Gasteiger partial charge in [-0.3, -0.25) is 13.9 Å². The predicted molar refractivity (Wildman–Crippen MR) is 159 cm³/mol. The van der Waals surface area contributed by atoms with Crippen LogP contribution in [0.1, 0.15) is 37.8 Å². The third-order valence-electron chi connectivity index (χ3n) is 6.16. The molecule has 0 heterocycles. The van der Waals surface area contributed by atoms with Crippen molar-refractivity contribution in [2.45, 2.75) is 51.1 Å². The zero-order valence-corrected chi connectivity index (χ0v) is 24.9. The van der Waals surface area contributed by atoms with Gasteiger partial charge in [0, 0.05) is 16.7 Å². The minimum absolute atomic E-state index is 0.0851. The first-order valence-electron chi connectivity index (χ1n) is 12.6. The van der Waals surface area contributed by atoms with Gasteiger partial charge < -0.3 is 10.2 Å². The Kier molecular flexibility index (Phi) is 10.7. The highest BCUT2D eigenvalue weighted by Crippen LogP contribution is 2.25. The number of carbonyl (C=O) groups excluding carboxylic acids is 2. The van der Waals surface area contributed by atoms with Gasteiger partial charge in [0.2, 0.25) is 11.8 Å². The summed E-state index contributed by atoms with van der Waals surface area (Å²) < 4.78 is 29.5. The molecule has 0 aliphatic carbocycles. The average Bonchev–Trinajstić information content (AvgIpc) is 2.91. The van der Waals surface area contributed by atoms with Crippen molar-refractivity contribution in [1.82, 2.24) is 10.2 Å². The zero-order valence-electron chi connectivity index (χ0n) is 21.9. The van der Waals surface area contributed by atoms with Crippen LogP contribution in [-0.2, 0) is 26.2 Å². The maximum Gasteiger partial charge on any atom is 0.264 e. The smallest absolute Gasteiger partial charge is 0.264 e. The number of halogens is 1. The summed E-state index contributed by atoms with van der Waals surface area (Å²) in [5, 5.41) is 2.90. The van der Waals surface area contributed by atoms with Crippen LogP contribution >= 0.6 is 22.6 Å². The summed E-state index contributed by atoms with van der Waals surface area (Å²) in [6.45, 7) is 5.92. The summed E-state index contributed by atoms with van der Waals surface area (Å²) in [6.07, 6.45) is 1.77. The molecule has 0 unspecified atom stereocenters. The fourth-order valence-corrected chi connectivity index (χ4v) is 5.78. The highest BCUT2D eigenvalue weighted by Gasteiger charge is 2.32. The van der Waals surface area contributed by atoms with E-state index in [0.29, 0.717) is 12.2 Å². The quantitative estimate of drug-likeness (QED) is 0.218. The molecule has 3 rings (SSSR count). The standard InChI is InChI=1S/C29H34IN3O4S/c1-4-5-18-31-29(35)23(3)32(20-24-11-9-10-22(2)19-24)28(34)21-33(26-16-14-25(30)15-17-26)38(36,37)27-12-7-6-8-13-27/h6-17,19,23H,4-5,18,20-21H2,1-3H3,(H,31,35)/t23-/m0/s1. The number of anilines is 1. The third kappa shape index (κ3) is 7.80. The number of unbranched alkanes of at least 4 members (excludes halogenated alkanes) is 1. The first kappa shape index (κ1) is 29.6. The van der Waals surface area contributed by atoms with E-state index >= 15 is 0 Å². The lowest BCUT2D eigenvalue weighted by molar-refractivity contribution is -0.139. The lowest BCUT2D eigenvalue weighted by Crippen LogP contribution is -2.51. The van der Waals surface area contributed by atoms with E-state index in [4.69, 9.17) is 0 Å². The number of nitrogens with zero attached hydrogens (tertiary/aromatic N) is 2. The lowest BCUT2D eigenvalue weighted by atomic mass is 10.1. The van der Waals surface area contributed by atoms with Crippen LogP contribution in [0.3, 0.4) is 0 Å². The van der Waals surface area contributed by atoms with E-state index in [0.717, 1.165) is 31.8 Å². The van der Waals surface area contributed by atoms with Crippen molar-refractivity contribution in [2.75, 3.05) is 17.4 Å². The van der Waals surface area contributed by atoms with E-state index in [1.165, 1.54) is 17.0 Å². The minimum atomic E-state index is -4.06. The predicted octanol–water partition coefficient (Wildman–Crippen LogP) is 5.13. The molecule has 202 valence electrons. The number of hydrogen-bond acceptors (Lipinski definition) is 4. The van der Waals surface area contributed by atoms with Gasteiger partial charge in [0.05, 0.1) is 10.6 Å². The molecule has 9 heteroatoms. The van der Waals surface area contributed by atoms with Crippen LogP contribution in [-0.4, -0.2) is 44.3 Å². The van der Waals surface area contributed by atoms with E-state index in [1.54, 1.807) is 49.4 Å². The molecule has 0 aliphatic rings. The number of sulfonamides is 1. The SMILES string of the molecule is CCCCNC(=O)[C@H](C)N(Cc1cccc(C)c1)C(=O)CN(c1ccc(I)cc1)S(=O)(=O)c1ccccc1. The van der Waals surface area contributed by atoms with Crippen LogP contribution in [0.25, 0.3) is 0 Å². The van der Waals surface area contributed by atoms with Crippen molar-refractivity contribution in [2.24, 2.45) is 0 Å². The summed E-state index contributed by atoms with van der Waals surface area (Å²) in [5.41, 5.74) is 2.26. The summed E-state index contributed by atoms with van der Waals surface area (Å²) in [5.74, 6) is -0.742. The molecule has 3 aromatic rings. The third-order valence-corrected chi connectivity index (χ3v) is 8.66. The Morgan fingerprint density at radius 1 is 0.974 bits per heavy atom. The second-order valence-electron chi connectivity index (χ2n) is 9.13. The van der Waals surface area contributed by atoms with Crippen LogP contribution < -0.4 is 9.62 Å². The number of carbonyl (C=O) groups is 2. The topological polar surface area (TPSA) is 86.8 Å². The lowest BCUT2D eigenvalue weighted by Gasteiger charge is -2.32. The van der Waals surface area contributed by atoms with Gasteiger partial charge in [0.1, 0.15) is 12.6 Å². The number of nitrogens with one attached hydrogen (secondary N) is 1. The van der Waals surface area contributed by atoms with Crippen molar-refractivity contribution >= 4 is 50.1 Å². The summed E-state index contributed by atoms with van der Waals surface area (Å²) in [4.78, 5) is 28.4. The Morgan fingerprint density at radius 3 is 2.29 bits per heavy atom. The van der Waals surface area contributed by atoms with Gasteiger partial charge in [0.15, 0.2) is 0 Å². The summed E-state index contributed by atoms with van der Waals surface area (Å²) >= 11 is 2.15. The summed E-state index contributed by atoms with van der Waals surface area (Å²) in [6, 6.07) is 21.9.